The van der Waals surface area contributed by atoms with Crippen molar-refractivity contribution in [2.45, 2.75) is 58.4 Å². The number of aromatic nitrogens is 2. The Balaban J connectivity index is 2.27. The van der Waals surface area contributed by atoms with E-state index >= 15 is 0 Å². The molecular formula is C16H24BrN3O. The van der Waals surface area contributed by atoms with E-state index < -0.39 is 0 Å². The second-order valence-electron chi connectivity index (χ2n) is 5.68. The van der Waals surface area contributed by atoms with Crippen LogP contribution in [0.2, 0.25) is 0 Å². The summed E-state index contributed by atoms with van der Waals surface area (Å²) in [4.78, 5) is 15.0. The molecule has 0 atom stereocenters. The third-order valence-electron chi connectivity index (χ3n) is 4.16. The van der Waals surface area contributed by atoms with Crippen LogP contribution in [0.15, 0.2) is 6.07 Å². The van der Waals surface area contributed by atoms with Gasteiger partial charge in [-0.05, 0) is 32.3 Å². The summed E-state index contributed by atoms with van der Waals surface area (Å²) in [6.45, 7) is 4.66. The van der Waals surface area contributed by atoms with Gasteiger partial charge in [-0.25, -0.2) is 0 Å². The Morgan fingerprint density at radius 2 is 2.05 bits per heavy atom. The standard InChI is InChI=1S/C16H24BrN3O/c1-3-15-14(11-12(2)18-19-15)16(21)20(10-9-17)13-7-5-4-6-8-13/h11,13H,3-10H2,1-2H3. The Hall–Kier alpha value is -0.970. The summed E-state index contributed by atoms with van der Waals surface area (Å²) in [5.41, 5.74) is 2.34. The van der Waals surface area contributed by atoms with Gasteiger partial charge < -0.3 is 4.90 Å². The predicted molar refractivity (Wildman–Crippen MR) is 87.9 cm³/mol. The molecule has 2 rings (SSSR count). The molecular weight excluding hydrogens is 330 g/mol. The average Bonchev–Trinajstić information content (AvgIpc) is 2.52. The van der Waals surface area contributed by atoms with E-state index in [1.807, 2.05) is 24.8 Å². The number of halogens is 1. The molecule has 1 heterocycles. The van der Waals surface area contributed by atoms with Crippen LogP contribution in [0.1, 0.15) is 60.8 Å². The van der Waals surface area contributed by atoms with E-state index in [1.165, 1.54) is 19.3 Å². The molecule has 21 heavy (non-hydrogen) atoms. The van der Waals surface area contributed by atoms with Gasteiger partial charge in [0.15, 0.2) is 0 Å². The maximum absolute atomic E-state index is 13.0. The molecule has 0 aliphatic heterocycles. The van der Waals surface area contributed by atoms with Crippen LogP contribution in [0.3, 0.4) is 0 Å². The number of alkyl halides is 1. The Labute approximate surface area is 135 Å². The van der Waals surface area contributed by atoms with Gasteiger partial charge in [0.05, 0.1) is 17.0 Å². The third-order valence-corrected chi connectivity index (χ3v) is 4.51. The smallest absolute Gasteiger partial charge is 0.256 e. The summed E-state index contributed by atoms with van der Waals surface area (Å²) in [5.74, 6) is 0.121. The van der Waals surface area contributed by atoms with Gasteiger partial charge in [0.25, 0.3) is 5.91 Å². The molecule has 0 radical (unpaired) electrons. The van der Waals surface area contributed by atoms with Gasteiger partial charge in [-0.2, -0.15) is 10.2 Å². The van der Waals surface area contributed by atoms with Crippen molar-refractivity contribution < 1.29 is 4.79 Å². The molecule has 1 fully saturated rings. The Kier molecular flexibility index (Phi) is 6.15. The predicted octanol–water partition coefficient (Wildman–Crippen LogP) is 3.52. The molecule has 5 heteroatoms. The molecule has 1 amide bonds. The zero-order valence-electron chi connectivity index (χ0n) is 12.9. The van der Waals surface area contributed by atoms with Crippen LogP contribution in [0.4, 0.5) is 0 Å². The fourth-order valence-corrected chi connectivity index (χ4v) is 3.43. The molecule has 1 aromatic rings. The molecule has 1 aliphatic carbocycles. The molecule has 116 valence electrons. The molecule has 1 aliphatic rings. The number of hydrogen-bond acceptors (Lipinski definition) is 3. The van der Waals surface area contributed by atoms with Crippen molar-refractivity contribution >= 4 is 21.8 Å². The summed E-state index contributed by atoms with van der Waals surface area (Å²) in [6.07, 6.45) is 6.73. The SMILES string of the molecule is CCc1nnc(C)cc1C(=O)N(CCBr)C1CCCCC1. The largest absolute Gasteiger partial charge is 0.335 e. The van der Waals surface area contributed by atoms with Crippen molar-refractivity contribution in [3.63, 3.8) is 0 Å². The third kappa shape index (κ3) is 4.02. The van der Waals surface area contributed by atoms with Gasteiger partial charge in [0.1, 0.15) is 0 Å². The maximum atomic E-state index is 13.0. The first-order chi connectivity index (χ1) is 10.2. The highest BCUT2D eigenvalue weighted by Gasteiger charge is 2.27. The zero-order valence-corrected chi connectivity index (χ0v) is 14.5. The van der Waals surface area contributed by atoms with Crippen molar-refractivity contribution in [1.29, 1.82) is 0 Å². The molecule has 0 aromatic carbocycles. The normalized spacial score (nSPS) is 16.0. The molecule has 0 spiro atoms. The van der Waals surface area contributed by atoms with Gasteiger partial charge in [-0.15, -0.1) is 0 Å². The molecule has 1 saturated carbocycles. The van der Waals surface area contributed by atoms with Crippen LogP contribution >= 0.6 is 15.9 Å². The van der Waals surface area contributed by atoms with Crippen LogP contribution in [-0.2, 0) is 6.42 Å². The summed E-state index contributed by atoms with van der Waals surface area (Å²) in [7, 11) is 0. The van der Waals surface area contributed by atoms with Gasteiger partial charge in [0.2, 0.25) is 0 Å². The Morgan fingerprint density at radius 3 is 2.67 bits per heavy atom. The monoisotopic (exact) mass is 353 g/mol. The van der Waals surface area contributed by atoms with Gasteiger partial charge in [-0.1, -0.05) is 42.1 Å². The van der Waals surface area contributed by atoms with Gasteiger partial charge >= 0.3 is 0 Å². The quantitative estimate of drug-likeness (QED) is 0.760. The highest BCUT2D eigenvalue weighted by atomic mass is 79.9. The van der Waals surface area contributed by atoms with Crippen molar-refractivity contribution in [2.75, 3.05) is 11.9 Å². The van der Waals surface area contributed by atoms with Gasteiger partial charge in [-0.3, -0.25) is 4.79 Å². The van der Waals surface area contributed by atoms with E-state index in [9.17, 15) is 4.79 Å². The average molecular weight is 354 g/mol. The van der Waals surface area contributed by atoms with Crippen LogP contribution in [0.5, 0.6) is 0 Å². The Bertz CT molecular complexity index is 486. The summed E-state index contributed by atoms with van der Waals surface area (Å²) in [6, 6.07) is 2.26. The van der Waals surface area contributed by atoms with E-state index in [0.29, 0.717) is 6.04 Å². The van der Waals surface area contributed by atoms with Crippen molar-refractivity contribution in [3.8, 4) is 0 Å². The maximum Gasteiger partial charge on any atom is 0.256 e. The number of hydrogen-bond donors (Lipinski definition) is 0. The van der Waals surface area contributed by atoms with Crippen molar-refractivity contribution in [1.82, 2.24) is 15.1 Å². The highest BCUT2D eigenvalue weighted by Crippen LogP contribution is 2.25. The first-order valence-corrected chi connectivity index (χ1v) is 8.99. The minimum absolute atomic E-state index is 0.121. The first-order valence-electron chi connectivity index (χ1n) is 7.87. The number of amides is 1. The van der Waals surface area contributed by atoms with E-state index in [4.69, 9.17) is 0 Å². The minimum atomic E-state index is 0.121. The lowest BCUT2D eigenvalue weighted by atomic mass is 9.93. The van der Waals surface area contributed by atoms with Crippen molar-refractivity contribution in [3.05, 3.63) is 23.0 Å². The molecule has 4 nitrogen and oxygen atoms in total. The molecule has 0 N–H and O–H groups in total. The number of aryl methyl sites for hydroxylation is 2. The zero-order chi connectivity index (χ0) is 15.2. The number of carbonyl (C=O) groups excluding carboxylic acids is 1. The van der Waals surface area contributed by atoms with Crippen LogP contribution in [0, 0.1) is 6.92 Å². The molecule has 0 bridgehead atoms. The first kappa shape index (κ1) is 16.4. The fourth-order valence-electron chi connectivity index (χ4n) is 3.05. The fraction of sp³-hybridized carbons (Fsp3) is 0.688. The summed E-state index contributed by atoms with van der Waals surface area (Å²) >= 11 is 3.49. The molecule has 1 aromatic heterocycles. The second kappa shape index (κ2) is 7.87. The molecule has 0 saturated heterocycles. The minimum Gasteiger partial charge on any atom is -0.335 e. The van der Waals surface area contributed by atoms with E-state index in [1.54, 1.807) is 0 Å². The van der Waals surface area contributed by atoms with Gasteiger partial charge in [0, 0.05) is 17.9 Å². The number of carbonyl (C=O) groups is 1. The molecule has 0 unspecified atom stereocenters. The summed E-state index contributed by atoms with van der Waals surface area (Å²) in [5, 5.41) is 9.09. The lowest BCUT2D eigenvalue weighted by molar-refractivity contribution is 0.0649. The van der Waals surface area contributed by atoms with Crippen LogP contribution < -0.4 is 0 Å². The van der Waals surface area contributed by atoms with Crippen LogP contribution in [-0.4, -0.2) is 38.9 Å². The van der Waals surface area contributed by atoms with E-state index in [-0.39, 0.29) is 5.91 Å². The van der Waals surface area contributed by atoms with Crippen molar-refractivity contribution in [2.24, 2.45) is 0 Å². The topological polar surface area (TPSA) is 46.1 Å². The second-order valence-corrected chi connectivity index (χ2v) is 6.47. The Morgan fingerprint density at radius 1 is 1.33 bits per heavy atom. The van der Waals surface area contributed by atoms with E-state index in [0.717, 1.165) is 48.1 Å². The van der Waals surface area contributed by atoms with E-state index in [2.05, 4.69) is 26.1 Å². The number of rotatable bonds is 5. The lowest BCUT2D eigenvalue weighted by Gasteiger charge is -2.34. The lowest BCUT2D eigenvalue weighted by Crippen LogP contribution is -2.43. The van der Waals surface area contributed by atoms with Crippen LogP contribution in [0.25, 0.3) is 0 Å². The highest BCUT2D eigenvalue weighted by molar-refractivity contribution is 9.09. The number of nitrogens with zero attached hydrogens (tertiary/aromatic N) is 3. The summed E-state index contributed by atoms with van der Waals surface area (Å²) < 4.78 is 0.